The van der Waals surface area contributed by atoms with E-state index in [0.717, 1.165) is 37.2 Å². The Bertz CT molecular complexity index is 391. The van der Waals surface area contributed by atoms with E-state index in [1.807, 2.05) is 26.0 Å². The summed E-state index contributed by atoms with van der Waals surface area (Å²) in [6, 6.07) is 5.80. The SMILES string of the molecule is CCN(CC)CCCOC(=O)c1cc(C)cc(C)c1. The first-order valence-corrected chi connectivity index (χ1v) is 7.04. The second-order valence-corrected chi connectivity index (χ2v) is 4.89. The number of rotatable bonds is 7. The normalized spacial score (nSPS) is 10.8. The fourth-order valence-electron chi connectivity index (χ4n) is 2.17. The van der Waals surface area contributed by atoms with E-state index in [4.69, 9.17) is 4.74 Å². The van der Waals surface area contributed by atoms with Crippen LogP contribution in [0, 0.1) is 13.8 Å². The lowest BCUT2D eigenvalue weighted by molar-refractivity contribution is 0.0489. The van der Waals surface area contributed by atoms with E-state index in [2.05, 4.69) is 24.8 Å². The Morgan fingerprint density at radius 1 is 1.11 bits per heavy atom. The van der Waals surface area contributed by atoms with Gasteiger partial charge in [0.05, 0.1) is 12.2 Å². The second-order valence-electron chi connectivity index (χ2n) is 4.89. The van der Waals surface area contributed by atoms with Gasteiger partial charge in [0, 0.05) is 6.54 Å². The summed E-state index contributed by atoms with van der Waals surface area (Å²) in [7, 11) is 0. The molecule has 0 fully saturated rings. The molecule has 0 saturated carbocycles. The van der Waals surface area contributed by atoms with Crippen LogP contribution in [-0.4, -0.2) is 37.1 Å². The fourth-order valence-corrected chi connectivity index (χ4v) is 2.17. The average molecular weight is 263 g/mol. The molecule has 0 heterocycles. The van der Waals surface area contributed by atoms with Crippen molar-refractivity contribution in [3.05, 3.63) is 34.9 Å². The molecule has 0 bridgehead atoms. The number of carbonyl (C=O) groups is 1. The summed E-state index contributed by atoms with van der Waals surface area (Å²) in [5.74, 6) is -0.216. The van der Waals surface area contributed by atoms with Crippen molar-refractivity contribution < 1.29 is 9.53 Å². The second kappa shape index (κ2) is 7.95. The van der Waals surface area contributed by atoms with Crippen LogP contribution in [0.4, 0.5) is 0 Å². The van der Waals surface area contributed by atoms with E-state index in [1.165, 1.54) is 0 Å². The first kappa shape index (κ1) is 15.7. The predicted molar refractivity (Wildman–Crippen MR) is 78.6 cm³/mol. The van der Waals surface area contributed by atoms with Crippen LogP contribution in [0.15, 0.2) is 18.2 Å². The van der Waals surface area contributed by atoms with Crippen molar-refractivity contribution in [2.45, 2.75) is 34.1 Å². The number of carbonyl (C=O) groups excluding carboxylic acids is 1. The van der Waals surface area contributed by atoms with Crippen LogP contribution < -0.4 is 0 Å². The van der Waals surface area contributed by atoms with Gasteiger partial charge in [0.25, 0.3) is 0 Å². The number of ether oxygens (including phenoxy) is 1. The van der Waals surface area contributed by atoms with E-state index in [1.54, 1.807) is 0 Å². The highest BCUT2D eigenvalue weighted by Crippen LogP contribution is 2.10. The van der Waals surface area contributed by atoms with Gasteiger partial charge in [-0.15, -0.1) is 0 Å². The zero-order valence-electron chi connectivity index (χ0n) is 12.5. The number of esters is 1. The standard InChI is InChI=1S/C16H25NO2/c1-5-17(6-2)8-7-9-19-16(18)15-11-13(3)10-14(4)12-15/h10-12H,5-9H2,1-4H3. The van der Waals surface area contributed by atoms with Gasteiger partial charge in [-0.05, 0) is 45.5 Å². The lowest BCUT2D eigenvalue weighted by Gasteiger charge is -2.17. The number of benzene rings is 1. The maximum atomic E-state index is 11.9. The van der Waals surface area contributed by atoms with Crippen molar-refractivity contribution in [2.75, 3.05) is 26.2 Å². The molecular formula is C16H25NO2. The van der Waals surface area contributed by atoms with Crippen molar-refractivity contribution in [3.8, 4) is 0 Å². The molecule has 0 N–H and O–H groups in total. The highest BCUT2D eigenvalue weighted by Gasteiger charge is 2.08. The Hall–Kier alpha value is -1.35. The summed E-state index contributed by atoms with van der Waals surface area (Å²) in [5, 5.41) is 0. The van der Waals surface area contributed by atoms with Gasteiger partial charge in [-0.1, -0.05) is 31.0 Å². The molecule has 3 nitrogen and oxygen atoms in total. The molecule has 0 radical (unpaired) electrons. The molecule has 0 spiro atoms. The van der Waals surface area contributed by atoms with Crippen LogP contribution in [0.3, 0.4) is 0 Å². The third kappa shape index (κ3) is 5.43. The molecule has 0 unspecified atom stereocenters. The van der Waals surface area contributed by atoms with E-state index < -0.39 is 0 Å². The summed E-state index contributed by atoms with van der Waals surface area (Å²) in [4.78, 5) is 14.2. The summed E-state index contributed by atoms with van der Waals surface area (Å²) in [5.41, 5.74) is 2.84. The highest BCUT2D eigenvalue weighted by atomic mass is 16.5. The molecule has 0 aliphatic heterocycles. The number of hydrogen-bond donors (Lipinski definition) is 0. The van der Waals surface area contributed by atoms with E-state index in [0.29, 0.717) is 12.2 Å². The molecule has 0 atom stereocenters. The zero-order chi connectivity index (χ0) is 14.3. The minimum atomic E-state index is -0.216. The van der Waals surface area contributed by atoms with E-state index in [-0.39, 0.29) is 5.97 Å². The van der Waals surface area contributed by atoms with Crippen LogP contribution in [0.1, 0.15) is 41.8 Å². The topological polar surface area (TPSA) is 29.5 Å². The Labute approximate surface area is 116 Å². The summed E-state index contributed by atoms with van der Waals surface area (Å²) < 4.78 is 5.31. The third-order valence-corrected chi connectivity index (χ3v) is 3.20. The van der Waals surface area contributed by atoms with Gasteiger partial charge >= 0.3 is 5.97 Å². The van der Waals surface area contributed by atoms with Gasteiger partial charge in [-0.3, -0.25) is 0 Å². The average Bonchev–Trinajstić information content (AvgIpc) is 2.37. The van der Waals surface area contributed by atoms with E-state index in [9.17, 15) is 4.79 Å². The molecule has 3 heteroatoms. The van der Waals surface area contributed by atoms with Crippen LogP contribution in [0.25, 0.3) is 0 Å². The van der Waals surface area contributed by atoms with Gasteiger partial charge in [0.15, 0.2) is 0 Å². The fraction of sp³-hybridized carbons (Fsp3) is 0.562. The lowest BCUT2D eigenvalue weighted by Crippen LogP contribution is -2.25. The Morgan fingerprint density at radius 2 is 1.68 bits per heavy atom. The Balaban J connectivity index is 2.39. The van der Waals surface area contributed by atoms with Crippen molar-refractivity contribution in [1.82, 2.24) is 4.90 Å². The van der Waals surface area contributed by atoms with Gasteiger partial charge in [-0.2, -0.15) is 0 Å². The van der Waals surface area contributed by atoms with Gasteiger partial charge in [0.2, 0.25) is 0 Å². The smallest absolute Gasteiger partial charge is 0.338 e. The first-order valence-electron chi connectivity index (χ1n) is 7.04. The van der Waals surface area contributed by atoms with Crippen LogP contribution in [0.2, 0.25) is 0 Å². The van der Waals surface area contributed by atoms with Crippen LogP contribution in [0.5, 0.6) is 0 Å². The predicted octanol–water partition coefficient (Wildman–Crippen LogP) is 3.19. The lowest BCUT2D eigenvalue weighted by atomic mass is 10.1. The maximum absolute atomic E-state index is 11.9. The minimum absolute atomic E-state index is 0.216. The monoisotopic (exact) mass is 263 g/mol. The van der Waals surface area contributed by atoms with Crippen LogP contribution >= 0.6 is 0 Å². The molecule has 1 aromatic rings. The minimum Gasteiger partial charge on any atom is -0.462 e. The zero-order valence-corrected chi connectivity index (χ0v) is 12.5. The number of aryl methyl sites for hydroxylation is 2. The third-order valence-electron chi connectivity index (χ3n) is 3.20. The largest absolute Gasteiger partial charge is 0.462 e. The number of hydrogen-bond acceptors (Lipinski definition) is 3. The first-order chi connectivity index (χ1) is 9.06. The molecule has 19 heavy (non-hydrogen) atoms. The summed E-state index contributed by atoms with van der Waals surface area (Å²) in [6.07, 6.45) is 0.887. The molecule has 0 amide bonds. The van der Waals surface area contributed by atoms with Crippen molar-refractivity contribution in [2.24, 2.45) is 0 Å². The molecule has 106 valence electrons. The molecule has 0 saturated heterocycles. The molecule has 0 aliphatic rings. The van der Waals surface area contributed by atoms with Gasteiger partial charge in [0.1, 0.15) is 0 Å². The van der Waals surface area contributed by atoms with Gasteiger partial charge < -0.3 is 9.64 Å². The summed E-state index contributed by atoms with van der Waals surface area (Å²) >= 11 is 0. The molecular weight excluding hydrogens is 238 g/mol. The number of nitrogens with zero attached hydrogens (tertiary/aromatic N) is 1. The molecule has 0 aliphatic carbocycles. The molecule has 1 rings (SSSR count). The van der Waals surface area contributed by atoms with Crippen molar-refractivity contribution in [3.63, 3.8) is 0 Å². The quantitative estimate of drug-likeness (QED) is 0.559. The Morgan fingerprint density at radius 3 is 2.21 bits per heavy atom. The van der Waals surface area contributed by atoms with Crippen LogP contribution in [-0.2, 0) is 4.74 Å². The van der Waals surface area contributed by atoms with Gasteiger partial charge in [-0.25, -0.2) is 4.79 Å². The highest BCUT2D eigenvalue weighted by molar-refractivity contribution is 5.89. The van der Waals surface area contributed by atoms with Crippen molar-refractivity contribution >= 4 is 5.97 Å². The Kier molecular flexibility index (Phi) is 6.57. The van der Waals surface area contributed by atoms with Crippen molar-refractivity contribution in [1.29, 1.82) is 0 Å². The maximum Gasteiger partial charge on any atom is 0.338 e. The summed E-state index contributed by atoms with van der Waals surface area (Å²) in [6.45, 7) is 11.8. The molecule has 0 aromatic heterocycles. The molecule has 1 aromatic carbocycles. The van der Waals surface area contributed by atoms with E-state index >= 15 is 0 Å².